The van der Waals surface area contributed by atoms with Crippen molar-refractivity contribution >= 4 is 17.5 Å². The number of carbonyl (C=O) groups excluding carboxylic acids is 1. The number of amides is 2. The molecule has 0 spiro atoms. The van der Waals surface area contributed by atoms with Crippen LogP contribution in [0.1, 0.15) is 23.6 Å². The van der Waals surface area contributed by atoms with Gasteiger partial charge in [-0.25, -0.2) is 14.8 Å². The number of nitrogens with two attached hydrogens (primary N) is 1. The van der Waals surface area contributed by atoms with Crippen LogP contribution in [-0.2, 0) is 6.18 Å². The number of aliphatic hydroxyl groups excluding tert-OH is 2. The lowest BCUT2D eigenvalue weighted by Gasteiger charge is -2.36. The number of benzene rings is 1. The van der Waals surface area contributed by atoms with Crippen LogP contribution < -0.4 is 20.3 Å². The molecule has 4 N–H and O–H groups in total. The molecule has 12 heteroatoms. The van der Waals surface area contributed by atoms with E-state index in [1.807, 2.05) is 6.07 Å². The average Bonchev–Trinajstić information content (AvgIpc) is 3.26. The molecule has 37 heavy (non-hydrogen) atoms. The first kappa shape index (κ1) is 24.8. The highest BCUT2D eigenvalue weighted by Gasteiger charge is 2.45. The quantitative estimate of drug-likeness (QED) is 0.461. The fourth-order valence-corrected chi connectivity index (χ4v) is 4.84. The molecule has 1 saturated heterocycles. The molecule has 0 aliphatic carbocycles. The van der Waals surface area contributed by atoms with E-state index in [0.29, 0.717) is 18.7 Å². The number of hydrogen-bond acceptors (Lipinski definition) is 7. The van der Waals surface area contributed by atoms with E-state index in [4.69, 9.17) is 15.6 Å². The van der Waals surface area contributed by atoms with Crippen molar-refractivity contribution in [2.45, 2.75) is 30.8 Å². The minimum absolute atomic E-state index is 0.121. The number of fused-ring (bicyclic) bond motifs is 4. The molecule has 2 aromatic heterocycles. The van der Waals surface area contributed by atoms with Crippen LogP contribution in [0.2, 0.25) is 0 Å². The van der Waals surface area contributed by atoms with Crippen molar-refractivity contribution in [1.82, 2.24) is 9.97 Å². The second kappa shape index (κ2) is 9.52. The Labute approximate surface area is 209 Å². The molecule has 2 bridgehead atoms. The van der Waals surface area contributed by atoms with Gasteiger partial charge in [0, 0.05) is 24.4 Å². The van der Waals surface area contributed by atoms with E-state index in [0.717, 1.165) is 17.7 Å². The lowest BCUT2D eigenvalue weighted by Crippen LogP contribution is -2.49. The number of halogens is 3. The number of ether oxygens (including phenoxy) is 1. The van der Waals surface area contributed by atoms with Crippen molar-refractivity contribution in [1.29, 1.82) is 0 Å². The van der Waals surface area contributed by atoms with Gasteiger partial charge in [-0.2, -0.15) is 13.2 Å². The highest BCUT2D eigenvalue weighted by molar-refractivity contribution is 5.96. The summed E-state index contributed by atoms with van der Waals surface area (Å²) in [6.45, 7) is -0.0651. The first-order valence-electron chi connectivity index (χ1n) is 11.6. The Morgan fingerprint density at radius 3 is 2.76 bits per heavy atom. The second-order valence-corrected chi connectivity index (χ2v) is 8.96. The van der Waals surface area contributed by atoms with Crippen LogP contribution in [0.25, 0.3) is 11.3 Å². The highest BCUT2D eigenvalue weighted by atomic mass is 19.4. The molecular formula is C25H24F3N5O4. The third kappa shape index (κ3) is 4.77. The van der Waals surface area contributed by atoms with E-state index in [9.17, 15) is 23.1 Å². The van der Waals surface area contributed by atoms with Crippen LogP contribution in [0.4, 0.5) is 29.5 Å². The van der Waals surface area contributed by atoms with Crippen LogP contribution in [0.3, 0.4) is 0 Å². The monoisotopic (exact) mass is 515 g/mol. The number of pyridine rings is 2. The van der Waals surface area contributed by atoms with Gasteiger partial charge in [0.25, 0.3) is 0 Å². The van der Waals surface area contributed by atoms with E-state index in [-0.39, 0.29) is 41.6 Å². The van der Waals surface area contributed by atoms with Gasteiger partial charge in [-0.05, 0) is 42.3 Å². The lowest BCUT2D eigenvalue weighted by molar-refractivity contribution is -0.137. The molecule has 1 fully saturated rings. The number of hydrogen-bond donors (Lipinski definition) is 3. The topological polar surface area (TPSA) is 125 Å². The molecule has 0 radical (unpaired) electrons. The number of urea groups is 1. The normalized spacial score (nSPS) is 19.5. The van der Waals surface area contributed by atoms with Gasteiger partial charge in [-0.1, -0.05) is 12.1 Å². The Kier molecular flexibility index (Phi) is 6.38. The van der Waals surface area contributed by atoms with E-state index < -0.39 is 30.5 Å². The largest absolute Gasteiger partial charge is 0.475 e. The fraction of sp³-hybridized carbons (Fsp3) is 0.320. The smallest absolute Gasteiger partial charge is 0.416 e. The minimum atomic E-state index is -4.50. The van der Waals surface area contributed by atoms with Crippen molar-refractivity contribution in [3.8, 4) is 17.1 Å². The Balaban J connectivity index is 1.49. The number of alkyl halides is 3. The van der Waals surface area contributed by atoms with Crippen molar-refractivity contribution in [2.24, 2.45) is 5.73 Å². The first-order chi connectivity index (χ1) is 17.7. The Morgan fingerprint density at radius 2 is 2.03 bits per heavy atom. The van der Waals surface area contributed by atoms with Crippen LogP contribution in [0.5, 0.6) is 5.88 Å². The first-order valence-corrected chi connectivity index (χ1v) is 11.6. The molecule has 4 heterocycles. The Bertz CT molecular complexity index is 1320. The SMILES string of the molecule is NC(=O)N1c2nc(-c3cccc(C(F)(F)F)c3)ccc2N2CC1CC2c1ccnc(OC[C@@H](O)CO)c1. The molecule has 0 saturated carbocycles. The van der Waals surface area contributed by atoms with Crippen molar-refractivity contribution in [3.63, 3.8) is 0 Å². The van der Waals surface area contributed by atoms with Crippen molar-refractivity contribution in [3.05, 3.63) is 65.9 Å². The molecule has 3 atom stereocenters. The number of rotatable bonds is 6. The number of nitrogens with zero attached hydrogens (tertiary/aromatic N) is 4. The minimum Gasteiger partial charge on any atom is -0.475 e. The summed E-state index contributed by atoms with van der Waals surface area (Å²) in [6.07, 6.45) is -3.43. The second-order valence-electron chi connectivity index (χ2n) is 8.96. The lowest BCUT2D eigenvalue weighted by atomic mass is 10.0. The maximum absolute atomic E-state index is 13.2. The molecule has 194 valence electrons. The predicted molar refractivity (Wildman–Crippen MR) is 128 cm³/mol. The molecule has 2 unspecified atom stereocenters. The molecule has 2 aliphatic rings. The highest BCUT2D eigenvalue weighted by Crippen LogP contribution is 2.48. The van der Waals surface area contributed by atoms with E-state index in [1.165, 1.54) is 17.0 Å². The summed E-state index contributed by atoms with van der Waals surface area (Å²) in [7, 11) is 0. The summed E-state index contributed by atoms with van der Waals surface area (Å²) >= 11 is 0. The van der Waals surface area contributed by atoms with Gasteiger partial charge in [0.2, 0.25) is 5.88 Å². The van der Waals surface area contributed by atoms with Crippen LogP contribution >= 0.6 is 0 Å². The third-order valence-corrected chi connectivity index (χ3v) is 6.54. The van der Waals surface area contributed by atoms with Gasteiger partial charge in [-0.15, -0.1) is 0 Å². The predicted octanol–water partition coefficient (Wildman–Crippen LogP) is 3.11. The third-order valence-electron chi connectivity index (χ3n) is 6.54. The van der Waals surface area contributed by atoms with Gasteiger partial charge in [0.15, 0.2) is 5.82 Å². The zero-order chi connectivity index (χ0) is 26.3. The molecule has 2 aliphatic heterocycles. The standard InChI is InChI=1S/C25H24F3N5O4/c26-25(27,28)16-3-1-2-14(8-16)19-4-5-20-23(31-19)33(24(29)36)17-10-21(32(20)11-17)15-6-7-30-22(9-15)37-13-18(35)12-34/h1-9,17-18,21,34-35H,10-13H2,(H2,29,36)/t17?,18-,21?/m0/s1. The summed E-state index contributed by atoms with van der Waals surface area (Å²) in [5.41, 5.74) is 6.98. The molecule has 1 aromatic carbocycles. The average molecular weight is 515 g/mol. The maximum Gasteiger partial charge on any atom is 0.416 e. The zero-order valence-electron chi connectivity index (χ0n) is 19.5. The van der Waals surface area contributed by atoms with Gasteiger partial charge >= 0.3 is 12.2 Å². The number of anilines is 2. The summed E-state index contributed by atoms with van der Waals surface area (Å²) < 4.78 is 45.2. The van der Waals surface area contributed by atoms with Crippen LogP contribution in [0.15, 0.2) is 54.7 Å². The van der Waals surface area contributed by atoms with Crippen molar-refractivity contribution < 1.29 is 32.9 Å². The molecular weight excluding hydrogens is 491 g/mol. The number of carbonyl (C=O) groups is 1. The zero-order valence-corrected chi connectivity index (χ0v) is 19.5. The van der Waals surface area contributed by atoms with Gasteiger partial charge < -0.3 is 25.6 Å². The summed E-state index contributed by atoms with van der Waals surface area (Å²) in [5.74, 6) is 0.565. The summed E-state index contributed by atoms with van der Waals surface area (Å²) in [6, 6.07) is 10.6. The van der Waals surface area contributed by atoms with Gasteiger partial charge in [-0.3, -0.25) is 4.90 Å². The van der Waals surface area contributed by atoms with E-state index >= 15 is 0 Å². The Hall–Kier alpha value is -3.90. The maximum atomic E-state index is 13.2. The van der Waals surface area contributed by atoms with E-state index in [2.05, 4.69) is 14.9 Å². The van der Waals surface area contributed by atoms with Gasteiger partial charge in [0.1, 0.15) is 12.7 Å². The number of primary amides is 1. The fourth-order valence-electron chi connectivity index (χ4n) is 4.84. The Morgan fingerprint density at radius 1 is 1.22 bits per heavy atom. The van der Waals surface area contributed by atoms with Crippen LogP contribution in [-0.4, -0.2) is 58.1 Å². The van der Waals surface area contributed by atoms with Crippen LogP contribution in [0, 0.1) is 0 Å². The summed E-state index contributed by atoms with van der Waals surface area (Å²) in [5, 5.41) is 18.5. The number of aliphatic hydroxyl groups is 2. The summed E-state index contributed by atoms with van der Waals surface area (Å²) in [4.78, 5) is 24.7. The van der Waals surface area contributed by atoms with Crippen molar-refractivity contribution in [2.75, 3.05) is 29.6 Å². The molecule has 2 amide bonds. The number of aromatic nitrogens is 2. The molecule has 9 nitrogen and oxygen atoms in total. The van der Waals surface area contributed by atoms with E-state index in [1.54, 1.807) is 24.4 Å². The molecule has 3 aromatic rings. The molecule has 5 rings (SSSR count). The van der Waals surface area contributed by atoms with Gasteiger partial charge in [0.05, 0.1) is 35.6 Å².